The molecule has 1 aliphatic carbocycles. The Morgan fingerprint density at radius 3 is 2.36 bits per heavy atom. The van der Waals surface area contributed by atoms with Crippen molar-refractivity contribution in [2.24, 2.45) is 17.7 Å². The van der Waals surface area contributed by atoms with Crippen LogP contribution in [0.4, 0.5) is 0 Å². The molecule has 0 radical (unpaired) electrons. The van der Waals surface area contributed by atoms with Crippen LogP contribution in [0.15, 0.2) is 12.3 Å². The highest BCUT2D eigenvalue weighted by molar-refractivity contribution is 4.92. The molecule has 1 fully saturated rings. The van der Waals surface area contributed by atoms with E-state index in [0.717, 1.165) is 11.7 Å². The Balaban J connectivity index is 2.33. The second-order valence-electron chi connectivity index (χ2n) is 3.54. The topological polar surface area (TPSA) is 35.2 Å². The van der Waals surface area contributed by atoms with Gasteiger partial charge in [0.05, 0.1) is 0 Å². The minimum Gasteiger partial charge on any atom is -0.416 e. The fraction of sp³-hybridized carbons (Fsp3) is 0.778. The summed E-state index contributed by atoms with van der Waals surface area (Å²) in [6, 6.07) is 0. The van der Waals surface area contributed by atoms with Gasteiger partial charge in [-0.25, -0.2) is 0 Å². The largest absolute Gasteiger partial charge is 0.416 e. The minimum atomic E-state index is 0.510. The third kappa shape index (κ3) is 2.22. The molecule has 11 heavy (non-hydrogen) atoms. The first-order valence-electron chi connectivity index (χ1n) is 4.29. The number of rotatable bonds is 2. The summed E-state index contributed by atoms with van der Waals surface area (Å²) in [5.74, 6) is 7.18. The summed E-state index contributed by atoms with van der Waals surface area (Å²) in [5, 5.41) is 0. The lowest BCUT2D eigenvalue weighted by Crippen LogP contribution is -2.16. The van der Waals surface area contributed by atoms with E-state index in [1.165, 1.54) is 25.7 Å². The molecule has 0 aromatic rings. The molecule has 0 aromatic carbocycles. The summed E-state index contributed by atoms with van der Waals surface area (Å²) in [7, 11) is 0. The second-order valence-corrected chi connectivity index (χ2v) is 3.54. The Labute approximate surface area is 68.4 Å². The van der Waals surface area contributed by atoms with Crippen molar-refractivity contribution < 1.29 is 4.84 Å². The average molecular weight is 155 g/mol. The Bertz CT molecular complexity index is 136. The molecule has 64 valence electrons. The molecule has 0 spiro atoms. The molecule has 0 heterocycles. The third-order valence-corrected chi connectivity index (χ3v) is 2.62. The van der Waals surface area contributed by atoms with Crippen molar-refractivity contribution in [3.8, 4) is 0 Å². The minimum absolute atomic E-state index is 0.510. The number of allylic oxidation sites excluding steroid dienone is 1. The average Bonchev–Trinajstić information content (AvgIpc) is 2.05. The fourth-order valence-electron chi connectivity index (χ4n) is 1.68. The van der Waals surface area contributed by atoms with Crippen LogP contribution >= 0.6 is 0 Å². The SMILES string of the molecule is C=C(ON)C1CCC(C)CC1. The van der Waals surface area contributed by atoms with Crippen LogP contribution in [0.2, 0.25) is 0 Å². The molecule has 0 aromatic heterocycles. The van der Waals surface area contributed by atoms with Crippen molar-refractivity contribution in [2.75, 3.05) is 0 Å². The number of hydrogen-bond acceptors (Lipinski definition) is 2. The summed E-state index contributed by atoms with van der Waals surface area (Å²) in [6.07, 6.45) is 4.95. The lowest BCUT2D eigenvalue weighted by atomic mass is 9.82. The number of nitrogens with two attached hydrogens (primary N) is 1. The maximum Gasteiger partial charge on any atom is 0.119 e. The van der Waals surface area contributed by atoms with Crippen LogP contribution in [-0.4, -0.2) is 0 Å². The van der Waals surface area contributed by atoms with Crippen molar-refractivity contribution >= 4 is 0 Å². The molecule has 2 heteroatoms. The molecular formula is C9H17NO. The summed E-state index contributed by atoms with van der Waals surface area (Å²) < 4.78 is 0. The van der Waals surface area contributed by atoms with E-state index in [0.29, 0.717) is 5.92 Å². The zero-order valence-electron chi connectivity index (χ0n) is 7.18. The lowest BCUT2D eigenvalue weighted by molar-refractivity contribution is 0.157. The van der Waals surface area contributed by atoms with E-state index in [4.69, 9.17) is 5.90 Å². The monoisotopic (exact) mass is 155 g/mol. The zero-order chi connectivity index (χ0) is 8.27. The van der Waals surface area contributed by atoms with Crippen molar-refractivity contribution in [3.63, 3.8) is 0 Å². The van der Waals surface area contributed by atoms with Gasteiger partial charge < -0.3 is 4.84 Å². The van der Waals surface area contributed by atoms with Crippen LogP contribution < -0.4 is 5.90 Å². The Morgan fingerprint density at radius 1 is 1.36 bits per heavy atom. The maximum atomic E-state index is 5.04. The van der Waals surface area contributed by atoms with Crippen molar-refractivity contribution in [1.29, 1.82) is 0 Å². The van der Waals surface area contributed by atoms with Crippen molar-refractivity contribution in [1.82, 2.24) is 0 Å². The lowest BCUT2D eigenvalue weighted by Gasteiger charge is -2.25. The van der Waals surface area contributed by atoms with Crippen LogP contribution in [0.5, 0.6) is 0 Å². The molecule has 2 nitrogen and oxygen atoms in total. The summed E-state index contributed by atoms with van der Waals surface area (Å²) in [4.78, 5) is 4.63. The molecule has 1 aliphatic rings. The predicted octanol–water partition coefficient (Wildman–Crippen LogP) is 2.22. The summed E-state index contributed by atoms with van der Waals surface area (Å²) in [6.45, 7) is 6.07. The van der Waals surface area contributed by atoms with Gasteiger partial charge in [-0.3, -0.25) is 0 Å². The first-order chi connectivity index (χ1) is 5.24. The Morgan fingerprint density at radius 2 is 1.91 bits per heavy atom. The molecular weight excluding hydrogens is 138 g/mol. The van der Waals surface area contributed by atoms with Gasteiger partial charge in [0.1, 0.15) is 5.76 Å². The third-order valence-electron chi connectivity index (χ3n) is 2.62. The standard InChI is InChI=1S/C9H17NO/c1-7-3-5-9(6-4-7)8(2)11-10/h7,9H,2-6,10H2,1H3. The second kappa shape index (κ2) is 3.77. The normalized spacial score (nSPS) is 31.5. The molecule has 0 atom stereocenters. The maximum absolute atomic E-state index is 5.04. The molecule has 0 unspecified atom stereocenters. The van der Waals surface area contributed by atoms with E-state index < -0.39 is 0 Å². The van der Waals surface area contributed by atoms with E-state index in [1.54, 1.807) is 0 Å². The van der Waals surface area contributed by atoms with Crippen LogP contribution in [-0.2, 0) is 4.84 Å². The molecule has 0 aliphatic heterocycles. The quantitative estimate of drug-likeness (QED) is 0.490. The van der Waals surface area contributed by atoms with E-state index in [1.807, 2.05) is 0 Å². The molecule has 0 saturated heterocycles. The van der Waals surface area contributed by atoms with Gasteiger partial charge in [0.25, 0.3) is 0 Å². The summed E-state index contributed by atoms with van der Waals surface area (Å²) >= 11 is 0. The first-order valence-corrected chi connectivity index (χ1v) is 4.29. The van der Waals surface area contributed by atoms with Crippen molar-refractivity contribution in [3.05, 3.63) is 12.3 Å². The van der Waals surface area contributed by atoms with Crippen LogP contribution in [0.25, 0.3) is 0 Å². The zero-order valence-corrected chi connectivity index (χ0v) is 7.18. The van der Waals surface area contributed by atoms with Gasteiger partial charge in [0, 0.05) is 5.92 Å². The van der Waals surface area contributed by atoms with Crippen LogP contribution in [0, 0.1) is 11.8 Å². The highest BCUT2D eigenvalue weighted by atomic mass is 16.6. The number of hydrogen-bond donors (Lipinski definition) is 1. The van der Waals surface area contributed by atoms with Gasteiger partial charge >= 0.3 is 0 Å². The Kier molecular flexibility index (Phi) is 2.94. The van der Waals surface area contributed by atoms with E-state index >= 15 is 0 Å². The predicted molar refractivity (Wildman–Crippen MR) is 45.5 cm³/mol. The molecule has 1 rings (SSSR count). The molecule has 1 saturated carbocycles. The van der Waals surface area contributed by atoms with Gasteiger partial charge in [-0.2, -0.15) is 5.90 Å². The first kappa shape index (κ1) is 8.60. The van der Waals surface area contributed by atoms with Crippen molar-refractivity contribution in [2.45, 2.75) is 32.6 Å². The van der Waals surface area contributed by atoms with Gasteiger partial charge in [-0.1, -0.05) is 26.3 Å². The van der Waals surface area contributed by atoms with E-state index in [2.05, 4.69) is 18.3 Å². The van der Waals surface area contributed by atoms with Gasteiger partial charge in [0.2, 0.25) is 0 Å². The van der Waals surface area contributed by atoms with Gasteiger partial charge in [0.15, 0.2) is 0 Å². The molecule has 0 bridgehead atoms. The molecule has 0 amide bonds. The van der Waals surface area contributed by atoms with Gasteiger partial charge in [-0.15, -0.1) is 0 Å². The van der Waals surface area contributed by atoms with Gasteiger partial charge in [-0.05, 0) is 18.8 Å². The highest BCUT2D eigenvalue weighted by Crippen LogP contribution is 2.31. The van der Waals surface area contributed by atoms with Crippen LogP contribution in [0.3, 0.4) is 0 Å². The summed E-state index contributed by atoms with van der Waals surface area (Å²) in [5.41, 5.74) is 0. The fourth-order valence-corrected chi connectivity index (χ4v) is 1.68. The molecule has 2 N–H and O–H groups in total. The Hall–Kier alpha value is -0.500. The smallest absolute Gasteiger partial charge is 0.119 e. The van der Waals surface area contributed by atoms with Crippen LogP contribution in [0.1, 0.15) is 32.6 Å². The van der Waals surface area contributed by atoms with E-state index in [9.17, 15) is 0 Å². The highest BCUT2D eigenvalue weighted by Gasteiger charge is 2.20. The van der Waals surface area contributed by atoms with E-state index in [-0.39, 0.29) is 0 Å².